The van der Waals surface area contributed by atoms with Crippen LogP contribution in [0.4, 0.5) is 0 Å². The van der Waals surface area contributed by atoms with Crippen LogP contribution in [0.2, 0.25) is 0 Å². The molecule has 2 heterocycles. The number of hydrogen-bond acceptors (Lipinski definition) is 4. The zero-order valence-corrected chi connectivity index (χ0v) is 12.6. The molecule has 0 unspecified atom stereocenters. The molecule has 1 aromatic rings. The third kappa shape index (κ3) is 2.88. The monoisotopic (exact) mass is 276 g/mol. The lowest BCUT2D eigenvalue weighted by atomic mass is 10.00. The van der Waals surface area contributed by atoms with Crippen LogP contribution in [0.5, 0.6) is 0 Å². The third-order valence-electron chi connectivity index (χ3n) is 4.12. The Kier molecular flexibility index (Phi) is 3.82. The number of nitrogens with zero attached hydrogens (tertiary/aromatic N) is 1. The Morgan fingerprint density at radius 1 is 1.25 bits per heavy atom. The molecule has 0 amide bonds. The lowest BCUT2D eigenvalue weighted by Gasteiger charge is -2.31. The first-order chi connectivity index (χ1) is 9.57. The lowest BCUT2D eigenvalue weighted by Crippen LogP contribution is -2.44. The van der Waals surface area contributed by atoms with E-state index in [0.717, 1.165) is 26.1 Å². The summed E-state index contributed by atoms with van der Waals surface area (Å²) in [4.78, 5) is 2.46. The Bertz CT molecular complexity index is 475. The summed E-state index contributed by atoms with van der Waals surface area (Å²) in [5, 5.41) is 3.20. The predicted molar refractivity (Wildman–Crippen MR) is 78.3 cm³/mol. The molecule has 0 spiro atoms. The van der Waals surface area contributed by atoms with Crippen LogP contribution < -0.4 is 5.32 Å². The zero-order chi connectivity index (χ0) is 14.2. The quantitative estimate of drug-likeness (QED) is 0.912. The van der Waals surface area contributed by atoms with E-state index >= 15 is 0 Å². The summed E-state index contributed by atoms with van der Waals surface area (Å²) in [6.07, 6.45) is 1.18. The van der Waals surface area contributed by atoms with Gasteiger partial charge in [-0.05, 0) is 38.4 Å². The molecule has 0 radical (unpaired) electrons. The average Bonchev–Trinajstić information content (AvgIpc) is 2.73. The van der Waals surface area contributed by atoms with E-state index in [1.165, 1.54) is 11.1 Å². The zero-order valence-electron chi connectivity index (χ0n) is 12.6. The van der Waals surface area contributed by atoms with Crippen molar-refractivity contribution in [2.75, 3.05) is 20.1 Å². The molecule has 4 nitrogen and oxygen atoms in total. The standard InChI is InChI=1S/C16H24N2O2/c1-16(2)19-14(15(17-3)20-16)11-18-9-8-12-6-4-5-7-13(12)10-18/h4-7,14-15,17H,8-11H2,1-3H3/t14-,15-/m0/s1. The Morgan fingerprint density at radius 3 is 2.75 bits per heavy atom. The summed E-state index contributed by atoms with van der Waals surface area (Å²) >= 11 is 0. The van der Waals surface area contributed by atoms with Crippen LogP contribution in [0, 0.1) is 0 Å². The minimum Gasteiger partial charge on any atom is -0.342 e. The lowest BCUT2D eigenvalue weighted by molar-refractivity contribution is -0.149. The number of hydrogen-bond donors (Lipinski definition) is 1. The topological polar surface area (TPSA) is 33.7 Å². The van der Waals surface area contributed by atoms with Gasteiger partial charge in [-0.25, -0.2) is 0 Å². The van der Waals surface area contributed by atoms with Crippen LogP contribution in [0.1, 0.15) is 25.0 Å². The normalized spacial score (nSPS) is 29.4. The molecule has 1 fully saturated rings. The molecule has 1 aromatic carbocycles. The van der Waals surface area contributed by atoms with E-state index in [9.17, 15) is 0 Å². The van der Waals surface area contributed by atoms with Gasteiger partial charge in [0, 0.05) is 19.6 Å². The maximum absolute atomic E-state index is 6.02. The van der Waals surface area contributed by atoms with Gasteiger partial charge >= 0.3 is 0 Å². The minimum atomic E-state index is -0.494. The molecule has 3 rings (SSSR count). The van der Waals surface area contributed by atoms with Crippen LogP contribution in [0.15, 0.2) is 24.3 Å². The number of nitrogens with one attached hydrogen (secondary N) is 1. The Balaban J connectivity index is 1.65. The molecule has 0 saturated carbocycles. The summed E-state index contributed by atoms with van der Waals surface area (Å²) < 4.78 is 11.9. The Morgan fingerprint density at radius 2 is 2.00 bits per heavy atom. The number of benzene rings is 1. The van der Waals surface area contributed by atoms with Crippen molar-refractivity contribution in [3.8, 4) is 0 Å². The molecular weight excluding hydrogens is 252 g/mol. The van der Waals surface area contributed by atoms with E-state index < -0.39 is 5.79 Å². The van der Waals surface area contributed by atoms with Crippen molar-refractivity contribution in [1.29, 1.82) is 0 Å². The second-order valence-corrected chi connectivity index (χ2v) is 6.14. The van der Waals surface area contributed by atoms with Gasteiger partial charge in [0.15, 0.2) is 5.79 Å². The molecule has 2 aliphatic rings. The fraction of sp³-hybridized carbons (Fsp3) is 0.625. The molecule has 0 aliphatic carbocycles. The number of rotatable bonds is 3. The van der Waals surface area contributed by atoms with E-state index in [0.29, 0.717) is 0 Å². The molecule has 1 saturated heterocycles. The molecule has 110 valence electrons. The summed E-state index contributed by atoms with van der Waals surface area (Å²) in [5.41, 5.74) is 2.93. The third-order valence-corrected chi connectivity index (χ3v) is 4.12. The van der Waals surface area contributed by atoms with Crippen LogP contribution in [-0.4, -0.2) is 43.2 Å². The van der Waals surface area contributed by atoms with Crippen LogP contribution >= 0.6 is 0 Å². The van der Waals surface area contributed by atoms with Gasteiger partial charge in [0.25, 0.3) is 0 Å². The second kappa shape index (κ2) is 5.45. The molecule has 2 atom stereocenters. The van der Waals surface area contributed by atoms with Gasteiger partial charge in [-0.1, -0.05) is 24.3 Å². The highest BCUT2D eigenvalue weighted by atomic mass is 16.8. The highest BCUT2D eigenvalue weighted by Gasteiger charge is 2.41. The first-order valence-corrected chi connectivity index (χ1v) is 7.39. The van der Waals surface area contributed by atoms with E-state index in [1.54, 1.807) is 0 Å². The van der Waals surface area contributed by atoms with E-state index in [2.05, 4.69) is 34.5 Å². The largest absolute Gasteiger partial charge is 0.342 e. The minimum absolute atomic E-state index is 0.0258. The maximum atomic E-state index is 6.02. The van der Waals surface area contributed by atoms with Gasteiger partial charge in [-0.15, -0.1) is 0 Å². The van der Waals surface area contributed by atoms with E-state index in [4.69, 9.17) is 9.47 Å². The molecule has 4 heteroatoms. The number of ether oxygens (including phenoxy) is 2. The van der Waals surface area contributed by atoms with Gasteiger partial charge in [-0.3, -0.25) is 10.2 Å². The highest BCUT2D eigenvalue weighted by molar-refractivity contribution is 5.29. The van der Waals surface area contributed by atoms with Crippen molar-refractivity contribution >= 4 is 0 Å². The van der Waals surface area contributed by atoms with Crippen LogP contribution in [-0.2, 0) is 22.4 Å². The summed E-state index contributed by atoms with van der Waals surface area (Å²) in [6.45, 7) is 6.95. The van der Waals surface area contributed by atoms with Crippen molar-refractivity contribution in [3.63, 3.8) is 0 Å². The first kappa shape index (κ1) is 14.0. The number of fused-ring (bicyclic) bond motifs is 1. The van der Waals surface area contributed by atoms with Crippen molar-refractivity contribution in [2.45, 2.75) is 44.9 Å². The molecule has 0 bridgehead atoms. The molecule has 20 heavy (non-hydrogen) atoms. The predicted octanol–water partition coefficient (Wildman–Crippen LogP) is 1.74. The van der Waals surface area contributed by atoms with Crippen LogP contribution in [0.25, 0.3) is 0 Å². The first-order valence-electron chi connectivity index (χ1n) is 7.39. The van der Waals surface area contributed by atoms with E-state index in [-0.39, 0.29) is 12.3 Å². The Hall–Kier alpha value is -0.940. The van der Waals surface area contributed by atoms with Gasteiger partial charge < -0.3 is 9.47 Å². The Labute approximate surface area is 121 Å². The van der Waals surface area contributed by atoms with Gasteiger partial charge in [0.2, 0.25) is 0 Å². The van der Waals surface area contributed by atoms with Crippen LogP contribution in [0.3, 0.4) is 0 Å². The van der Waals surface area contributed by atoms with Crippen molar-refractivity contribution in [1.82, 2.24) is 10.2 Å². The van der Waals surface area contributed by atoms with Crippen molar-refractivity contribution in [2.24, 2.45) is 0 Å². The summed E-state index contributed by atoms with van der Waals surface area (Å²) in [7, 11) is 1.92. The summed E-state index contributed by atoms with van der Waals surface area (Å²) in [5.74, 6) is -0.494. The van der Waals surface area contributed by atoms with Crippen molar-refractivity contribution in [3.05, 3.63) is 35.4 Å². The number of likely N-dealkylation sites (N-methyl/N-ethyl adjacent to an activating group) is 1. The molecule has 2 aliphatic heterocycles. The molecule has 0 aromatic heterocycles. The SMILES string of the molecule is CN[C@H]1OC(C)(C)O[C@H]1CN1CCc2ccccc2C1. The van der Waals surface area contributed by atoms with Crippen molar-refractivity contribution < 1.29 is 9.47 Å². The van der Waals surface area contributed by atoms with Gasteiger partial charge in [-0.2, -0.15) is 0 Å². The second-order valence-electron chi connectivity index (χ2n) is 6.14. The van der Waals surface area contributed by atoms with Gasteiger partial charge in [0.05, 0.1) is 0 Å². The summed E-state index contributed by atoms with van der Waals surface area (Å²) in [6, 6.07) is 8.72. The van der Waals surface area contributed by atoms with Gasteiger partial charge in [0.1, 0.15) is 12.3 Å². The average molecular weight is 276 g/mol. The smallest absolute Gasteiger partial charge is 0.165 e. The molecular formula is C16H24N2O2. The molecule has 1 N–H and O–H groups in total. The van der Waals surface area contributed by atoms with E-state index in [1.807, 2.05) is 20.9 Å². The fourth-order valence-electron chi connectivity index (χ4n) is 3.18. The maximum Gasteiger partial charge on any atom is 0.165 e. The highest BCUT2D eigenvalue weighted by Crippen LogP contribution is 2.28. The fourth-order valence-corrected chi connectivity index (χ4v) is 3.18.